The van der Waals surface area contributed by atoms with Crippen LogP contribution in [0.2, 0.25) is 0 Å². The van der Waals surface area contributed by atoms with Gasteiger partial charge in [-0.3, -0.25) is 9.59 Å². The lowest BCUT2D eigenvalue weighted by molar-refractivity contribution is -0.145. The summed E-state index contributed by atoms with van der Waals surface area (Å²) >= 11 is 0. The smallest absolute Gasteiger partial charge is 0.245 e. The molecule has 1 aliphatic heterocycles. The minimum absolute atomic E-state index is 0.00861. The third-order valence-electron chi connectivity index (χ3n) is 3.95. The number of nitrogens with one attached hydrogen (secondary N) is 1. The first-order chi connectivity index (χ1) is 8.11. The van der Waals surface area contributed by atoms with Gasteiger partial charge in [-0.15, -0.1) is 0 Å². The van der Waals surface area contributed by atoms with Gasteiger partial charge in [0.15, 0.2) is 0 Å². The van der Waals surface area contributed by atoms with E-state index in [1.165, 1.54) is 12.8 Å². The Morgan fingerprint density at radius 2 is 2.12 bits per heavy atom. The van der Waals surface area contributed by atoms with Crippen molar-refractivity contribution >= 4 is 11.8 Å². The van der Waals surface area contributed by atoms with Crippen LogP contribution in [0.25, 0.3) is 0 Å². The zero-order valence-electron chi connectivity index (χ0n) is 10.7. The molecular weight excluding hydrogens is 216 g/mol. The van der Waals surface area contributed by atoms with E-state index in [-0.39, 0.29) is 30.3 Å². The topological polar surface area (TPSA) is 49.4 Å². The Bertz CT molecular complexity index is 313. The van der Waals surface area contributed by atoms with Crippen molar-refractivity contribution in [3.05, 3.63) is 0 Å². The molecule has 2 atom stereocenters. The number of rotatable bonds is 5. The van der Waals surface area contributed by atoms with E-state index < -0.39 is 0 Å². The van der Waals surface area contributed by atoms with Gasteiger partial charge >= 0.3 is 0 Å². The molecule has 0 spiro atoms. The van der Waals surface area contributed by atoms with Gasteiger partial charge in [-0.1, -0.05) is 33.1 Å². The van der Waals surface area contributed by atoms with E-state index in [0.29, 0.717) is 0 Å². The molecule has 17 heavy (non-hydrogen) atoms. The molecule has 4 heteroatoms. The van der Waals surface area contributed by atoms with Crippen molar-refractivity contribution < 1.29 is 9.59 Å². The molecular formula is C13H22N2O2. The summed E-state index contributed by atoms with van der Waals surface area (Å²) in [5.41, 5.74) is 0. The molecule has 1 saturated heterocycles. The molecule has 1 saturated carbocycles. The van der Waals surface area contributed by atoms with Gasteiger partial charge in [0.25, 0.3) is 0 Å². The Morgan fingerprint density at radius 1 is 1.41 bits per heavy atom. The van der Waals surface area contributed by atoms with Gasteiger partial charge in [-0.25, -0.2) is 0 Å². The van der Waals surface area contributed by atoms with Crippen LogP contribution < -0.4 is 5.32 Å². The lowest BCUT2D eigenvalue weighted by Crippen LogP contribution is -2.60. The van der Waals surface area contributed by atoms with E-state index >= 15 is 0 Å². The molecule has 0 aromatic heterocycles. The Hall–Kier alpha value is -1.06. The number of piperazine rings is 1. The number of hydrogen-bond acceptors (Lipinski definition) is 2. The van der Waals surface area contributed by atoms with Gasteiger partial charge in [0, 0.05) is 6.54 Å². The summed E-state index contributed by atoms with van der Waals surface area (Å²) in [6.07, 6.45) is 4.56. The normalized spacial score (nSPS) is 26.9. The molecule has 2 unspecified atom stereocenters. The molecule has 1 N–H and O–H groups in total. The van der Waals surface area contributed by atoms with Gasteiger partial charge in [-0.05, 0) is 18.3 Å². The SMILES string of the molecule is CCC(C)C1NC(=O)CN(CCC2CC2)C1=O. The van der Waals surface area contributed by atoms with Crippen LogP contribution in [0.4, 0.5) is 0 Å². The number of hydrogen-bond donors (Lipinski definition) is 1. The number of carbonyl (C=O) groups excluding carboxylic acids is 2. The maximum absolute atomic E-state index is 12.2. The molecule has 2 aliphatic rings. The van der Waals surface area contributed by atoms with Crippen molar-refractivity contribution in [2.75, 3.05) is 13.1 Å². The maximum Gasteiger partial charge on any atom is 0.245 e. The highest BCUT2D eigenvalue weighted by molar-refractivity contribution is 5.95. The first-order valence-corrected chi connectivity index (χ1v) is 6.70. The fourth-order valence-electron chi connectivity index (χ4n) is 2.28. The van der Waals surface area contributed by atoms with Crippen LogP contribution in [0.1, 0.15) is 39.5 Å². The van der Waals surface area contributed by atoms with Crippen LogP contribution >= 0.6 is 0 Å². The zero-order valence-corrected chi connectivity index (χ0v) is 10.7. The van der Waals surface area contributed by atoms with Crippen molar-refractivity contribution in [1.82, 2.24) is 10.2 Å². The molecule has 0 aromatic carbocycles. The highest BCUT2D eigenvalue weighted by atomic mass is 16.2. The average Bonchev–Trinajstić information content (AvgIpc) is 3.12. The van der Waals surface area contributed by atoms with Gasteiger partial charge in [0.05, 0.1) is 6.54 Å². The van der Waals surface area contributed by atoms with Gasteiger partial charge in [0.1, 0.15) is 6.04 Å². The molecule has 96 valence electrons. The first-order valence-electron chi connectivity index (χ1n) is 6.70. The van der Waals surface area contributed by atoms with Gasteiger partial charge < -0.3 is 10.2 Å². The number of nitrogens with zero attached hydrogens (tertiary/aromatic N) is 1. The van der Waals surface area contributed by atoms with Crippen LogP contribution in [0, 0.1) is 11.8 Å². The predicted octanol–water partition coefficient (Wildman–Crippen LogP) is 1.16. The fraction of sp³-hybridized carbons (Fsp3) is 0.846. The van der Waals surface area contributed by atoms with Crippen LogP contribution in [0.3, 0.4) is 0 Å². The summed E-state index contributed by atoms with van der Waals surface area (Å²) in [5, 5.41) is 2.82. The van der Waals surface area contributed by atoms with E-state index in [4.69, 9.17) is 0 Å². The third-order valence-corrected chi connectivity index (χ3v) is 3.95. The largest absolute Gasteiger partial charge is 0.342 e. The van der Waals surface area contributed by atoms with Gasteiger partial charge in [-0.2, -0.15) is 0 Å². The Balaban J connectivity index is 1.94. The summed E-state index contributed by atoms with van der Waals surface area (Å²) < 4.78 is 0. The summed E-state index contributed by atoms with van der Waals surface area (Å²) in [5.74, 6) is 1.12. The first kappa shape index (κ1) is 12.4. The summed E-state index contributed by atoms with van der Waals surface area (Å²) in [4.78, 5) is 25.6. The maximum atomic E-state index is 12.2. The fourth-order valence-corrected chi connectivity index (χ4v) is 2.28. The molecule has 0 aromatic rings. The van der Waals surface area contributed by atoms with E-state index in [1.807, 2.05) is 13.8 Å². The molecule has 2 rings (SSSR count). The Kier molecular flexibility index (Phi) is 3.69. The van der Waals surface area contributed by atoms with E-state index in [0.717, 1.165) is 25.3 Å². The summed E-state index contributed by atoms with van der Waals surface area (Å²) in [6, 6.07) is -0.305. The molecule has 0 bridgehead atoms. The summed E-state index contributed by atoms with van der Waals surface area (Å²) in [6.45, 7) is 5.07. The van der Waals surface area contributed by atoms with Crippen LogP contribution in [-0.2, 0) is 9.59 Å². The standard InChI is InChI=1S/C13H22N2O2/c1-3-9(2)12-13(17)15(8-11(16)14-12)7-6-10-4-5-10/h9-10,12H,3-8H2,1-2H3,(H,14,16). The Labute approximate surface area is 103 Å². The second-order valence-electron chi connectivity index (χ2n) is 5.42. The van der Waals surface area contributed by atoms with Crippen molar-refractivity contribution in [2.24, 2.45) is 11.8 Å². The lowest BCUT2D eigenvalue weighted by atomic mass is 9.96. The van der Waals surface area contributed by atoms with Crippen molar-refractivity contribution in [2.45, 2.75) is 45.6 Å². The van der Waals surface area contributed by atoms with Crippen molar-refractivity contribution in [3.63, 3.8) is 0 Å². The van der Waals surface area contributed by atoms with Gasteiger partial charge in [0.2, 0.25) is 11.8 Å². The number of amides is 2. The van der Waals surface area contributed by atoms with E-state index in [1.54, 1.807) is 4.90 Å². The molecule has 1 heterocycles. The highest BCUT2D eigenvalue weighted by Gasteiger charge is 2.35. The second-order valence-corrected chi connectivity index (χ2v) is 5.42. The highest BCUT2D eigenvalue weighted by Crippen LogP contribution is 2.32. The quantitative estimate of drug-likeness (QED) is 0.781. The van der Waals surface area contributed by atoms with E-state index in [2.05, 4.69) is 5.32 Å². The molecule has 0 radical (unpaired) electrons. The van der Waals surface area contributed by atoms with Crippen molar-refractivity contribution in [1.29, 1.82) is 0 Å². The second kappa shape index (κ2) is 5.07. The molecule has 2 amide bonds. The predicted molar refractivity (Wildman–Crippen MR) is 65.3 cm³/mol. The van der Waals surface area contributed by atoms with Crippen LogP contribution in [-0.4, -0.2) is 35.8 Å². The van der Waals surface area contributed by atoms with Crippen LogP contribution in [0.15, 0.2) is 0 Å². The van der Waals surface area contributed by atoms with Crippen molar-refractivity contribution in [3.8, 4) is 0 Å². The number of carbonyl (C=O) groups is 2. The molecule has 1 aliphatic carbocycles. The monoisotopic (exact) mass is 238 g/mol. The minimum Gasteiger partial charge on any atom is -0.342 e. The zero-order chi connectivity index (χ0) is 12.4. The van der Waals surface area contributed by atoms with Crippen LogP contribution in [0.5, 0.6) is 0 Å². The molecule has 4 nitrogen and oxygen atoms in total. The average molecular weight is 238 g/mol. The third kappa shape index (κ3) is 2.99. The lowest BCUT2D eigenvalue weighted by Gasteiger charge is -2.35. The summed E-state index contributed by atoms with van der Waals surface area (Å²) in [7, 11) is 0. The Morgan fingerprint density at radius 3 is 2.71 bits per heavy atom. The minimum atomic E-state index is -0.305. The van der Waals surface area contributed by atoms with E-state index in [9.17, 15) is 9.59 Å². The molecule has 2 fully saturated rings.